The van der Waals surface area contributed by atoms with E-state index in [4.69, 9.17) is 0 Å². The Morgan fingerprint density at radius 2 is 1.90 bits per heavy atom. The van der Waals surface area contributed by atoms with Crippen LogP contribution < -0.4 is 5.32 Å². The molecule has 0 bridgehead atoms. The van der Waals surface area contributed by atoms with Gasteiger partial charge >= 0.3 is 0 Å². The highest BCUT2D eigenvalue weighted by atomic mass is 19.1. The van der Waals surface area contributed by atoms with E-state index in [1.54, 1.807) is 12.1 Å². The second kappa shape index (κ2) is 5.76. The number of hydrogen-bond acceptors (Lipinski definition) is 2. The van der Waals surface area contributed by atoms with Gasteiger partial charge in [0.05, 0.1) is 11.5 Å². The van der Waals surface area contributed by atoms with Crippen molar-refractivity contribution in [3.05, 3.63) is 35.6 Å². The number of rotatable bonds is 5. The first kappa shape index (κ1) is 14.5. The van der Waals surface area contributed by atoms with Crippen LogP contribution in [0.25, 0.3) is 0 Å². The largest absolute Gasteiger partial charge is 0.391 e. The second-order valence-electron chi connectivity index (χ2n) is 6.41. The number of benzene rings is 1. The van der Waals surface area contributed by atoms with Gasteiger partial charge in [0, 0.05) is 6.54 Å². The van der Waals surface area contributed by atoms with Crippen molar-refractivity contribution in [1.82, 2.24) is 5.32 Å². The summed E-state index contributed by atoms with van der Waals surface area (Å²) in [5, 5.41) is 13.0. The van der Waals surface area contributed by atoms with Gasteiger partial charge in [-0.1, -0.05) is 25.0 Å². The number of amides is 1. The molecule has 0 saturated heterocycles. The number of aliphatic hydroxyl groups excluding tert-OH is 1. The third-order valence-electron chi connectivity index (χ3n) is 5.00. The third-order valence-corrected chi connectivity index (χ3v) is 5.00. The van der Waals surface area contributed by atoms with Crippen molar-refractivity contribution >= 4 is 5.91 Å². The van der Waals surface area contributed by atoms with Gasteiger partial charge in [0.15, 0.2) is 0 Å². The molecule has 4 heteroatoms. The summed E-state index contributed by atoms with van der Waals surface area (Å²) in [6, 6.07) is 6.18. The summed E-state index contributed by atoms with van der Waals surface area (Å²) < 4.78 is 13.0. The van der Waals surface area contributed by atoms with Crippen LogP contribution in [0.2, 0.25) is 0 Å². The standard InChI is InChI=1S/C17H22FNO2/c18-14-7-5-13(6-8-14)17(9-10-17)16(21)19-11-15(20)12-3-1-2-4-12/h5-8,12,15,20H,1-4,9-11H2,(H,19,21). The maximum absolute atomic E-state index is 13.0. The fourth-order valence-corrected chi connectivity index (χ4v) is 3.42. The summed E-state index contributed by atoms with van der Waals surface area (Å²) in [5.41, 5.74) is 0.375. The zero-order valence-electron chi connectivity index (χ0n) is 12.1. The van der Waals surface area contributed by atoms with Crippen LogP contribution in [0.4, 0.5) is 4.39 Å². The van der Waals surface area contributed by atoms with E-state index in [0.29, 0.717) is 12.5 Å². The molecule has 2 aliphatic rings. The van der Waals surface area contributed by atoms with Crippen LogP contribution >= 0.6 is 0 Å². The van der Waals surface area contributed by atoms with Gasteiger partial charge in [-0.05, 0) is 49.3 Å². The van der Waals surface area contributed by atoms with E-state index in [1.165, 1.54) is 25.0 Å². The van der Waals surface area contributed by atoms with Crippen LogP contribution in [-0.2, 0) is 10.2 Å². The van der Waals surface area contributed by atoms with Gasteiger partial charge in [-0.3, -0.25) is 4.79 Å². The number of hydrogen-bond donors (Lipinski definition) is 2. The van der Waals surface area contributed by atoms with Crippen molar-refractivity contribution in [1.29, 1.82) is 0 Å². The van der Waals surface area contributed by atoms with Crippen LogP contribution in [0.1, 0.15) is 44.1 Å². The summed E-state index contributed by atoms with van der Waals surface area (Å²) in [6.45, 7) is 0.326. The molecule has 1 unspecified atom stereocenters. The molecule has 1 aromatic carbocycles. The van der Waals surface area contributed by atoms with Gasteiger partial charge in [-0.2, -0.15) is 0 Å². The molecule has 0 aromatic heterocycles. The monoisotopic (exact) mass is 291 g/mol. The first-order valence-electron chi connectivity index (χ1n) is 7.84. The van der Waals surface area contributed by atoms with Crippen molar-refractivity contribution in [3.8, 4) is 0 Å². The van der Waals surface area contributed by atoms with Crippen molar-refractivity contribution in [2.75, 3.05) is 6.54 Å². The minimum Gasteiger partial charge on any atom is -0.391 e. The van der Waals surface area contributed by atoms with Gasteiger partial charge in [0.1, 0.15) is 5.82 Å². The SMILES string of the molecule is O=C(NCC(O)C1CCCC1)C1(c2ccc(F)cc2)CC1. The molecular formula is C17H22FNO2. The normalized spacial score (nSPS) is 22.0. The highest BCUT2D eigenvalue weighted by Crippen LogP contribution is 2.48. The predicted octanol–water partition coefficient (Wildman–Crippen LogP) is 2.52. The lowest BCUT2D eigenvalue weighted by atomic mass is 9.94. The molecule has 2 N–H and O–H groups in total. The summed E-state index contributed by atoms with van der Waals surface area (Å²) >= 11 is 0. The zero-order chi connectivity index (χ0) is 14.9. The average molecular weight is 291 g/mol. The number of carbonyl (C=O) groups excluding carboxylic acids is 1. The van der Waals surface area contributed by atoms with E-state index in [1.807, 2.05) is 0 Å². The quantitative estimate of drug-likeness (QED) is 0.876. The Morgan fingerprint density at radius 1 is 1.29 bits per heavy atom. The summed E-state index contributed by atoms with van der Waals surface area (Å²) in [6.07, 6.45) is 5.61. The molecule has 0 spiro atoms. The van der Waals surface area contributed by atoms with Gasteiger partial charge in [0.25, 0.3) is 0 Å². The van der Waals surface area contributed by atoms with Crippen molar-refractivity contribution in [3.63, 3.8) is 0 Å². The Kier molecular flexibility index (Phi) is 3.98. The van der Waals surface area contributed by atoms with Gasteiger partial charge < -0.3 is 10.4 Å². The van der Waals surface area contributed by atoms with Crippen LogP contribution in [0.5, 0.6) is 0 Å². The molecule has 1 amide bonds. The van der Waals surface area contributed by atoms with Crippen LogP contribution in [0, 0.1) is 11.7 Å². The average Bonchev–Trinajstić information content (AvgIpc) is 3.11. The van der Waals surface area contributed by atoms with Crippen LogP contribution in [0.15, 0.2) is 24.3 Å². The van der Waals surface area contributed by atoms with E-state index in [0.717, 1.165) is 31.2 Å². The molecule has 3 rings (SSSR count). The van der Waals surface area contributed by atoms with Crippen molar-refractivity contribution in [2.24, 2.45) is 5.92 Å². The Hall–Kier alpha value is -1.42. The first-order chi connectivity index (χ1) is 10.1. The van der Waals surface area contributed by atoms with Gasteiger partial charge in [-0.15, -0.1) is 0 Å². The molecule has 0 aliphatic heterocycles. The minimum atomic E-state index is -0.497. The predicted molar refractivity (Wildman–Crippen MR) is 78.3 cm³/mol. The smallest absolute Gasteiger partial charge is 0.230 e. The molecule has 1 aromatic rings. The third kappa shape index (κ3) is 2.95. The highest BCUT2D eigenvalue weighted by molar-refractivity contribution is 5.91. The fraction of sp³-hybridized carbons (Fsp3) is 0.588. The molecule has 0 radical (unpaired) electrons. The first-order valence-corrected chi connectivity index (χ1v) is 7.84. The molecule has 1 atom stereocenters. The van der Waals surface area contributed by atoms with E-state index < -0.39 is 11.5 Å². The molecule has 0 heterocycles. The molecular weight excluding hydrogens is 269 g/mol. The number of nitrogens with one attached hydrogen (secondary N) is 1. The van der Waals surface area contributed by atoms with Crippen LogP contribution in [-0.4, -0.2) is 23.7 Å². The van der Waals surface area contributed by atoms with E-state index in [9.17, 15) is 14.3 Å². The molecule has 114 valence electrons. The summed E-state index contributed by atoms with van der Waals surface area (Å²) in [7, 11) is 0. The topological polar surface area (TPSA) is 49.3 Å². The number of halogens is 1. The summed E-state index contributed by atoms with van der Waals surface area (Å²) in [4.78, 5) is 12.4. The lowest BCUT2D eigenvalue weighted by molar-refractivity contribution is -0.124. The maximum Gasteiger partial charge on any atom is 0.230 e. The Labute approximate surface area is 124 Å². The highest BCUT2D eigenvalue weighted by Gasteiger charge is 2.51. The number of aliphatic hydroxyl groups is 1. The Balaban J connectivity index is 1.58. The Morgan fingerprint density at radius 3 is 2.48 bits per heavy atom. The van der Waals surface area contributed by atoms with E-state index in [2.05, 4.69) is 5.32 Å². The molecule has 3 nitrogen and oxygen atoms in total. The molecule has 2 aliphatic carbocycles. The Bertz CT molecular complexity index is 504. The molecule has 21 heavy (non-hydrogen) atoms. The number of carbonyl (C=O) groups is 1. The van der Waals surface area contributed by atoms with Crippen molar-refractivity contribution in [2.45, 2.75) is 50.0 Å². The lowest BCUT2D eigenvalue weighted by Crippen LogP contribution is -2.41. The van der Waals surface area contributed by atoms with Crippen molar-refractivity contribution < 1.29 is 14.3 Å². The molecule has 2 fully saturated rings. The second-order valence-corrected chi connectivity index (χ2v) is 6.41. The molecule has 2 saturated carbocycles. The van der Waals surface area contributed by atoms with Gasteiger partial charge in [0.2, 0.25) is 5.91 Å². The maximum atomic E-state index is 13.0. The van der Waals surface area contributed by atoms with Crippen LogP contribution in [0.3, 0.4) is 0 Å². The summed E-state index contributed by atoms with van der Waals surface area (Å²) in [5.74, 6) is 0.00374. The lowest BCUT2D eigenvalue weighted by Gasteiger charge is -2.21. The van der Waals surface area contributed by atoms with Gasteiger partial charge in [-0.25, -0.2) is 4.39 Å². The zero-order valence-corrected chi connectivity index (χ0v) is 12.1. The fourth-order valence-electron chi connectivity index (χ4n) is 3.42. The minimum absolute atomic E-state index is 0.0360. The van der Waals surface area contributed by atoms with E-state index >= 15 is 0 Å². The van der Waals surface area contributed by atoms with E-state index in [-0.39, 0.29) is 11.7 Å².